The SMILES string of the molecule is CCn1c(-c2cc(N3CCN(C)CC3)cnc2[C@H](C)OC)c2c3cc(ccc31)-c1csc(n1)C[C@H](NC(=O)[C@H]1CC1C(F)F)C(=O)N1CCC[C@H](N1)C(=O)OCC(C)(C)C2. The topological polar surface area (TPSA) is 134 Å². The second-order valence-electron chi connectivity index (χ2n) is 17.6. The largest absolute Gasteiger partial charge is 0.464 e. The number of amides is 2. The molecule has 5 atom stereocenters. The van der Waals surface area contributed by atoms with Gasteiger partial charge in [0.2, 0.25) is 12.3 Å². The van der Waals surface area contributed by atoms with Gasteiger partial charge in [0.1, 0.15) is 12.1 Å². The molecule has 3 aliphatic heterocycles. The van der Waals surface area contributed by atoms with E-state index in [0.29, 0.717) is 37.4 Å². The molecule has 2 saturated heterocycles. The maximum Gasteiger partial charge on any atom is 0.324 e. The quantitative estimate of drug-likeness (QED) is 0.208. The second kappa shape index (κ2) is 17.1. The Bertz CT molecular complexity index is 2250. The molecule has 322 valence electrons. The third-order valence-corrected chi connectivity index (χ3v) is 13.5. The number of carbonyl (C=O) groups excluding carboxylic acids is 3. The summed E-state index contributed by atoms with van der Waals surface area (Å²) in [6, 6.07) is 6.76. The first kappa shape index (κ1) is 42.2. The lowest BCUT2D eigenvalue weighted by Crippen LogP contribution is -2.60. The predicted molar refractivity (Wildman–Crippen MR) is 227 cm³/mol. The molecular formula is C44H56F2N8O5S. The maximum absolute atomic E-state index is 14.1. The van der Waals surface area contributed by atoms with Crippen LogP contribution in [0.4, 0.5) is 14.5 Å². The van der Waals surface area contributed by atoms with Crippen LogP contribution in [0.15, 0.2) is 35.8 Å². The molecule has 60 heavy (non-hydrogen) atoms. The first-order valence-electron chi connectivity index (χ1n) is 21.1. The van der Waals surface area contributed by atoms with Crippen LogP contribution in [-0.2, 0) is 43.2 Å². The summed E-state index contributed by atoms with van der Waals surface area (Å²) in [5.41, 5.74) is 10.2. The third kappa shape index (κ3) is 8.52. The number of benzene rings is 1. The molecule has 4 aromatic rings. The molecule has 2 amide bonds. The van der Waals surface area contributed by atoms with Gasteiger partial charge in [0.25, 0.3) is 5.91 Å². The second-order valence-corrected chi connectivity index (χ2v) is 18.5. The minimum atomic E-state index is -2.60. The molecule has 1 saturated carbocycles. The van der Waals surface area contributed by atoms with Gasteiger partial charge in [-0.15, -0.1) is 11.3 Å². The summed E-state index contributed by atoms with van der Waals surface area (Å²) in [6.45, 7) is 13.2. The Morgan fingerprint density at radius 3 is 2.65 bits per heavy atom. The van der Waals surface area contributed by atoms with Crippen LogP contribution in [0.25, 0.3) is 33.4 Å². The fourth-order valence-electron chi connectivity index (χ4n) is 8.91. The summed E-state index contributed by atoms with van der Waals surface area (Å²) in [7, 11) is 3.85. The van der Waals surface area contributed by atoms with E-state index < -0.39 is 53.5 Å². The summed E-state index contributed by atoms with van der Waals surface area (Å²) in [6.07, 6.45) is 0.774. The number of nitrogens with one attached hydrogen (secondary N) is 2. The molecule has 0 radical (unpaired) electrons. The van der Waals surface area contributed by atoms with Crippen molar-refractivity contribution in [3.63, 3.8) is 0 Å². The van der Waals surface area contributed by atoms with Crippen molar-refractivity contribution in [1.29, 1.82) is 0 Å². The van der Waals surface area contributed by atoms with Crippen LogP contribution in [0.1, 0.15) is 69.3 Å². The minimum Gasteiger partial charge on any atom is -0.464 e. The van der Waals surface area contributed by atoms with E-state index in [1.807, 2.05) is 18.5 Å². The Kier molecular flexibility index (Phi) is 12.0. The van der Waals surface area contributed by atoms with E-state index in [9.17, 15) is 23.2 Å². The number of fused-ring (bicyclic) bond motifs is 6. The number of carbonyl (C=O) groups is 3. The standard InChI is InChI=1S/C44H56F2N8O5S/c1-7-53-36-11-10-26-17-28(36)32(39(53)31-18-27(22-47-38(31)25(2)58-6)52-15-13-51(5)14-16-52)21-44(3,4)24-59-43(57)33-9-8-12-54(50-33)42(56)34(20-37-48-35(26)23-60-37)49-41(55)30-19-29(30)40(45)46/h10-11,17-18,22-23,25,29-30,33-34,40,50H,7-9,12-16,19-21,24H2,1-6H3,(H,49,55)/t25-,29?,30-,33-,34-/m0/s1. The zero-order valence-corrected chi connectivity index (χ0v) is 36.1. The molecule has 3 aromatic heterocycles. The van der Waals surface area contributed by atoms with Crippen molar-refractivity contribution >= 4 is 45.7 Å². The van der Waals surface area contributed by atoms with Gasteiger partial charge in [-0.3, -0.25) is 24.4 Å². The monoisotopic (exact) mass is 846 g/mol. The number of piperazine rings is 1. The Morgan fingerprint density at radius 2 is 1.93 bits per heavy atom. The fraction of sp³-hybridized carbons (Fsp3) is 0.568. The first-order chi connectivity index (χ1) is 28.7. The van der Waals surface area contributed by atoms with E-state index in [-0.39, 0.29) is 25.6 Å². The molecule has 3 fully saturated rings. The zero-order valence-electron chi connectivity index (χ0n) is 35.3. The number of rotatable bonds is 8. The van der Waals surface area contributed by atoms with Crippen LogP contribution in [0, 0.1) is 17.3 Å². The van der Waals surface area contributed by atoms with Crippen molar-refractivity contribution in [1.82, 2.24) is 35.2 Å². The van der Waals surface area contributed by atoms with Crippen LogP contribution < -0.4 is 15.6 Å². The van der Waals surface area contributed by atoms with Gasteiger partial charge < -0.3 is 29.2 Å². The number of nitrogens with zero attached hydrogens (tertiary/aromatic N) is 6. The van der Waals surface area contributed by atoms with E-state index in [1.165, 1.54) is 16.3 Å². The van der Waals surface area contributed by atoms with Gasteiger partial charge in [-0.25, -0.2) is 19.2 Å². The molecule has 13 nitrogen and oxygen atoms in total. The van der Waals surface area contributed by atoms with Crippen molar-refractivity contribution in [2.75, 3.05) is 58.4 Å². The highest BCUT2D eigenvalue weighted by atomic mass is 32.1. The first-order valence-corrected chi connectivity index (χ1v) is 22.0. The van der Waals surface area contributed by atoms with Crippen molar-refractivity contribution in [2.45, 2.75) is 91.0 Å². The number of hydrogen-bond acceptors (Lipinski definition) is 11. The van der Waals surface area contributed by atoms with Crippen molar-refractivity contribution in [3.05, 3.63) is 52.1 Å². The number of ether oxygens (including phenoxy) is 2. The van der Waals surface area contributed by atoms with Gasteiger partial charge in [0.15, 0.2) is 0 Å². The van der Waals surface area contributed by atoms with Gasteiger partial charge in [0.05, 0.1) is 46.7 Å². The highest BCUT2D eigenvalue weighted by Gasteiger charge is 2.50. The summed E-state index contributed by atoms with van der Waals surface area (Å²) in [5.74, 6) is -3.37. The Balaban J connectivity index is 1.24. The Hall–Kier alpha value is -4.51. The van der Waals surface area contributed by atoms with Gasteiger partial charge in [-0.1, -0.05) is 19.9 Å². The molecule has 1 unspecified atom stereocenters. The van der Waals surface area contributed by atoms with Gasteiger partial charge >= 0.3 is 5.97 Å². The number of thiazole rings is 1. The number of aryl methyl sites for hydroxylation is 1. The van der Waals surface area contributed by atoms with Crippen LogP contribution in [0.5, 0.6) is 0 Å². The van der Waals surface area contributed by atoms with Crippen molar-refractivity contribution in [3.8, 4) is 22.5 Å². The average molecular weight is 847 g/mol. The average Bonchev–Trinajstić information content (AvgIpc) is 3.84. The molecule has 8 rings (SSSR count). The molecule has 2 N–H and O–H groups in total. The van der Waals surface area contributed by atoms with E-state index >= 15 is 0 Å². The highest BCUT2D eigenvalue weighted by Crippen LogP contribution is 2.44. The molecular weight excluding hydrogens is 791 g/mol. The number of anilines is 1. The number of cyclic esters (lactones) is 1. The number of likely N-dealkylation sites (N-methyl/N-ethyl adjacent to an activating group) is 1. The number of hydrogen-bond donors (Lipinski definition) is 2. The summed E-state index contributed by atoms with van der Waals surface area (Å²) in [4.78, 5) is 55.9. The molecule has 4 aliphatic rings. The lowest BCUT2D eigenvalue weighted by Gasteiger charge is -2.35. The molecule has 1 aliphatic carbocycles. The predicted octanol–water partition coefficient (Wildman–Crippen LogP) is 5.86. The van der Waals surface area contributed by atoms with E-state index in [0.717, 1.165) is 76.5 Å². The van der Waals surface area contributed by atoms with E-state index in [1.54, 1.807) is 7.11 Å². The number of alkyl halides is 2. The maximum atomic E-state index is 14.1. The number of esters is 1. The van der Waals surface area contributed by atoms with Crippen LogP contribution in [0.3, 0.4) is 0 Å². The molecule has 16 heteroatoms. The van der Waals surface area contributed by atoms with Crippen LogP contribution >= 0.6 is 11.3 Å². The number of aromatic nitrogens is 3. The smallest absolute Gasteiger partial charge is 0.324 e. The Morgan fingerprint density at radius 1 is 1.15 bits per heavy atom. The Labute approximate surface area is 353 Å². The van der Waals surface area contributed by atoms with Gasteiger partial charge in [-0.2, -0.15) is 0 Å². The molecule has 1 aromatic carbocycles. The summed E-state index contributed by atoms with van der Waals surface area (Å²) < 4.78 is 41.3. The van der Waals surface area contributed by atoms with Gasteiger partial charge in [0, 0.05) is 97.5 Å². The van der Waals surface area contributed by atoms with Crippen molar-refractivity contribution in [2.24, 2.45) is 17.3 Å². The minimum absolute atomic E-state index is 0.0593. The van der Waals surface area contributed by atoms with E-state index in [2.05, 4.69) is 77.2 Å². The highest BCUT2D eigenvalue weighted by molar-refractivity contribution is 7.10. The van der Waals surface area contributed by atoms with Crippen LogP contribution in [-0.4, -0.2) is 114 Å². The molecule has 6 bridgehead atoms. The summed E-state index contributed by atoms with van der Waals surface area (Å²) in [5, 5.41) is 7.75. The third-order valence-electron chi connectivity index (χ3n) is 12.6. The summed E-state index contributed by atoms with van der Waals surface area (Å²) >= 11 is 1.38. The van der Waals surface area contributed by atoms with Gasteiger partial charge in [-0.05, 0) is 70.3 Å². The number of halogens is 2. The number of methoxy groups -OCH3 is 1. The lowest BCUT2D eigenvalue weighted by molar-refractivity contribution is -0.155. The zero-order chi connectivity index (χ0) is 42.5. The van der Waals surface area contributed by atoms with E-state index in [4.69, 9.17) is 19.4 Å². The number of pyridine rings is 1. The fourth-order valence-corrected chi connectivity index (χ4v) is 9.76. The van der Waals surface area contributed by atoms with Crippen molar-refractivity contribution < 1.29 is 32.6 Å². The molecule has 6 heterocycles. The molecule has 0 spiro atoms. The normalized spacial score (nSPS) is 24.4. The van der Waals surface area contributed by atoms with Crippen LogP contribution in [0.2, 0.25) is 0 Å². The lowest BCUT2D eigenvalue weighted by atomic mass is 9.84. The number of hydrazine groups is 1.